The van der Waals surface area contributed by atoms with E-state index in [-0.39, 0.29) is 5.56 Å². The molecule has 3 fully saturated rings. The zero-order chi connectivity index (χ0) is 29.6. The van der Waals surface area contributed by atoms with Crippen LogP contribution in [0.15, 0.2) is 55.1 Å². The predicted octanol–water partition coefficient (Wildman–Crippen LogP) is 5.41. The number of ether oxygens (including phenoxy) is 2. The van der Waals surface area contributed by atoms with Crippen molar-refractivity contribution in [2.75, 3.05) is 55.3 Å². The van der Waals surface area contributed by atoms with E-state index in [0.29, 0.717) is 41.5 Å². The van der Waals surface area contributed by atoms with Crippen molar-refractivity contribution in [3.05, 3.63) is 72.3 Å². The molecule has 0 radical (unpaired) electrons. The number of hydrogen-bond donors (Lipinski definition) is 1. The molecule has 224 valence electrons. The molecule has 2 aromatic carbocycles. The predicted molar refractivity (Wildman–Crippen MR) is 157 cm³/mol. The SMILES string of the molecule is COc1cc(N2CC3(CCOCC3)C2)c(-c2cnn(C)c2)cc1Nc1cc(N2OCC[C@@H]2c2cccc(F)c2F)ncn1. The summed E-state index contributed by atoms with van der Waals surface area (Å²) in [6, 6.07) is 9.48. The third-order valence-electron chi connectivity index (χ3n) is 8.67. The molecular weight excluding hydrogens is 556 g/mol. The Labute approximate surface area is 248 Å². The maximum absolute atomic E-state index is 14.7. The molecule has 1 spiro atoms. The van der Waals surface area contributed by atoms with Crippen LogP contribution in [0.3, 0.4) is 0 Å². The second-order valence-corrected chi connectivity index (χ2v) is 11.4. The van der Waals surface area contributed by atoms with Crippen molar-refractivity contribution < 1.29 is 23.1 Å². The van der Waals surface area contributed by atoms with Gasteiger partial charge in [-0.3, -0.25) is 9.52 Å². The Hall–Kier alpha value is -4.29. The lowest BCUT2D eigenvalue weighted by atomic mass is 9.73. The van der Waals surface area contributed by atoms with Crippen molar-refractivity contribution in [2.45, 2.75) is 25.3 Å². The molecule has 0 saturated carbocycles. The quantitative estimate of drug-likeness (QED) is 0.304. The zero-order valence-corrected chi connectivity index (χ0v) is 24.1. The van der Waals surface area contributed by atoms with Crippen LogP contribution in [0.5, 0.6) is 5.75 Å². The molecule has 0 unspecified atom stereocenters. The van der Waals surface area contributed by atoms with E-state index >= 15 is 0 Å². The lowest BCUT2D eigenvalue weighted by Gasteiger charge is -2.53. The molecule has 1 atom stereocenters. The molecule has 4 aromatic rings. The van der Waals surface area contributed by atoms with Crippen LogP contribution in [0, 0.1) is 17.0 Å². The highest BCUT2D eigenvalue weighted by molar-refractivity contribution is 5.86. The van der Waals surface area contributed by atoms with Gasteiger partial charge in [-0.15, -0.1) is 0 Å². The van der Waals surface area contributed by atoms with Crippen LogP contribution in [0.25, 0.3) is 11.1 Å². The fourth-order valence-corrected chi connectivity index (χ4v) is 6.37. The van der Waals surface area contributed by atoms with Gasteiger partial charge in [-0.2, -0.15) is 5.10 Å². The van der Waals surface area contributed by atoms with Gasteiger partial charge in [0.15, 0.2) is 17.5 Å². The first kappa shape index (κ1) is 27.5. The van der Waals surface area contributed by atoms with Crippen molar-refractivity contribution in [1.82, 2.24) is 19.7 Å². The summed E-state index contributed by atoms with van der Waals surface area (Å²) in [5.41, 5.74) is 4.34. The van der Waals surface area contributed by atoms with E-state index in [9.17, 15) is 8.78 Å². The second kappa shape index (κ2) is 11.1. The van der Waals surface area contributed by atoms with Crippen molar-refractivity contribution in [3.8, 4) is 16.9 Å². The summed E-state index contributed by atoms with van der Waals surface area (Å²) in [5, 5.41) is 9.32. The fourth-order valence-electron chi connectivity index (χ4n) is 6.37. The first-order chi connectivity index (χ1) is 20.9. The molecule has 0 bridgehead atoms. The number of rotatable bonds is 7. The number of nitrogens with one attached hydrogen (secondary N) is 1. The number of methoxy groups -OCH3 is 1. The molecule has 3 saturated heterocycles. The minimum Gasteiger partial charge on any atom is -0.494 e. The smallest absolute Gasteiger partial charge is 0.164 e. The zero-order valence-electron chi connectivity index (χ0n) is 24.1. The largest absolute Gasteiger partial charge is 0.494 e. The highest BCUT2D eigenvalue weighted by Gasteiger charge is 2.44. The van der Waals surface area contributed by atoms with E-state index in [1.807, 2.05) is 19.4 Å². The molecule has 3 aliphatic heterocycles. The third-order valence-corrected chi connectivity index (χ3v) is 8.67. The van der Waals surface area contributed by atoms with Gasteiger partial charge in [0.2, 0.25) is 0 Å². The number of anilines is 4. The lowest BCUT2D eigenvalue weighted by Crippen LogP contribution is -2.58. The van der Waals surface area contributed by atoms with Gasteiger partial charge >= 0.3 is 0 Å². The highest BCUT2D eigenvalue weighted by atomic mass is 19.2. The summed E-state index contributed by atoms with van der Waals surface area (Å²) in [6.07, 6.45) is 7.91. The molecular formula is C31H33F2N7O3. The third kappa shape index (κ3) is 5.14. The number of hydrogen-bond acceptors (Lipinski definition) is 9. The van der Waals surface area contributed by atoms with Gasteiger partial charge in [0.05, 0.1) is 31.6 Å². The van der Waals surface area contributed by atoms with E-state index < -0.39 is 17.7 Å². The van der Waals surface area contributed by atoms with Crippen LogP contribution in [-0.4, -0.2) is 59.8 Å². The second-order valence-electron chi connectivity index (χ2n) is 11.4. The minimum atomic E-state index is -0.893. The summed E-state index contributed by atoms with van der Waals surface area (Å²) >= 11 is 0. The van der Waals surface area contributed by atoms with Crippen molar-refractivity contribution in [1.29, 1.82) is 0 Å². The fraction of sp³-hybridized carbons (Fsp3) is 0.387. The van der Waals surface area contributed by atoms with E-state index in [0.717, 1.165) is 62.0 Å². The van der Waals surface area contributed by atoms with E-state index in [1.165, 1.54) is 17.5 Å². The maximum Gasteiger partial charge on any atom is 0.164 e. The monoisotopic (exact) mass is 589 g/mol. The number of benzene rings is 2. The standard InChI is InChI=1S/C31H33F2N7O3/c1-38-16-20(15-36-38)22-12-24(27(41-2)13-26(22)39-17-31(18-39)7-10-42-11-8-31)37-28-14-29(35-19-34-28)40-25(6-9-43-40)21-4-3-5-23(32)30(21)33/h3-5,12-16,19,25H,6-11,17-18H2,1-2H3,(H,34,35,37)/t25-/m1/s1. The van der Waals surface area contributed by atoms with Gasteiger partial charge < -0.3 is 19.7 Å². The van der Waals surface area contributed by atoms with E-state index in [2.05, 4.69) is 37.4 Å². The van der Waals surface area contributed by atoms with Crippen LogP contribution in [0.1, 0.15) is 30.9 Å². The van der Waals surface area contributed by atoms with Gasteiger partial charge in [-0.25, -0.2) is 23.8 Å². The summed E-state index contributed by atoms with van der Waals surface area (Å²) in [6.45, 7) is 3.92. The van der Waals surface area contributed by atoms with Crippen LogP contribution in [0.4, 0.5) is 31.8 Å². The average Bonchev–Trinajstić information content (AvgIpc) is 3.67. The number of halogens is 2. The van der Waals surface area contributed by atoms with Gasteiger partial charge in [-0.05, 0) is 25.0 Å². The Bertz CT molecular complexity index is 1630. The summed E-state index contributed by atoms with van der Waals surface area (Å²) in [4.78, 5) is 17.0. The van der Waals surface area contributed by atoms with E-state index in [4.69, 9.17) is 14.3 Å². The molecule has 5 heterocycles. The first-order valence-corrected chi connectivity index (χ1v) is 14.4. The van der Waals surface area contributed by atoms with Crippen molar-refractivity contribution >= 4 is 23.0 Å². The van der Waals surface area contributed by atoms with Crippen LogP contribution < -0.4 is 20.0 Å². The molecule has 12 heteroatoms. The Balaban J connectivity index is 1.19. The molecule has 3 aliphatic rings. The first-order valence-electron chi connectivity index (χ1n) is 14.4. The topological polar surface area (TPSA) is 89.8 Å². The van der Waals surface area contributed by atoms with Crippen molar-refractivity contribution in [2.24, 2.45) is 12.5 Å². The number of nitrogens with zero attached hydrogens (tertiary/aromatic N) is 6. The summed E-state index contributed by atoms with van der Waals surface area (Å²) in [5.74, 6) is -0.196. The highest BCUT2D eigenvalue weighted by Crippen LogP contribution is 2.48. The summed E-state index contributed by atoms with van der Waals surface area (Å²) < 4.78 is 41.9. The molecule has 43 heavy (non-hydrogen) atoms. The van der Waals surface area contributed by atoms with Gasteiger partial charge in [0, 0.05) is 85.9 Å². The Morgan fingerprint density at radius 1 is 1.07 bits per heavy atom. The van der Waals surface area contributed by atoms with Crippen molar-refractivity contribution in [3.63, 3.8) is 0 Å². The molecule has 0 amide bonds. The normalized spacial score (nSPS) is 19.5. The number of hydroxylamine groups is 1. The van der Waals surface area contributed by atoms with Gasteiger partial charge in [0.1, 0.15) is 17.9 Å². The maximum atomic E-state index is 14.7. The van der Waals surface area contributed by atoms with Gasteiger partial charge in [-0.1, -0.05) is 12.1 Å². The Kier molecular flexibility index (Phi) is 7.10. The van der Waals surface area contributed by atoms with Crippen LogP contribution >= 0.6 is 0 Å². The van der Waals surface area contributed by atoms with Crippen LogP contribution in [0.2, 0.25) is 0 Å². The molecule has 2 aromatic heterocycles. The number of aromatic nitrogens is 4. The average molecular weight is 590 g/mol. The number of aryl methyl sites for hydroxylation is 1. The Morgan fingerprint density at radius 2 is 1.91 bits per heavy atom. The molecule has 1 N–H and O–H groups in total. The molecule has 0 aliphatic carbocycles. The lowest BCUT2D eigenvalue weighted by molar-refractivity contribution is -0.000166. The van der Waals surface area contributed by atoms with Crippen LogP contribution in [-0.2, 0) is 16.6 Å². The Morgan fingerprint density at radius 3 is 2.67 bits per heavy atom. The molecule has 10 nitrogen and oxygen atoms in total. The van der Waals surface area contributed by atoms with Gasteiger partial charge in [0.25, 0.3) is 0 Å². The minimum absolute atomic E-state index is 0.220. The summed E-state index contributed by atoms with van der Waals surface area (Å²) in [7, 11) is 3.55. The molecule has 7 rings (SSSR count). The van der Waals surface area contributed by atoms with E-state index in [1.54, 1.807) is 23.9 Å².